The molecular formula is C18H14BrClN4O2S. The van der Waals surface area contributed by atoms with Crippen LogP contribution >= 0.6 is 38.9 Å². The van der Waals surface area contributed by atoms with Gasteiger partial charge in [-0.3, -0.25) is 9.36 Å². The fourth-order valence-corrected chi connectivity index (χ4v) is 4.37. The minimum absolute atomic E-state index is 0.0187. The summed E-state index contributed by atoms with van der Waals surface area (Å²) in [5, 5.41) is 14.0. The zero-order valence-corrected chi connectivity index (χ0v) is 17.3. The highest BCUT2D eigenvalue weighted by molar-refractivity contribution is 9.10. The number of aromatic nitrogens is 3. The normalized spacial score (nSPS) is 12.6. The molecule has 2 N–H and O–H groups in total. The number of hydrogen-bond donors (Lipinski definition) is 2. The maximum Gasteiger partial charge on any atom is 0.275 e. The summed E-state index contributed by atoms with van der Waals surface area (Å²) in [6.45, 7) is 1.85. The number of aliphatic hydroxyl groups is 1. The summed E-state index contributed by atoms with van der Waals surface area (Å²) >= 11 is 10.7. The predicted octanol–water partition coefficient (Wildman–Crippen LogP) is 4.20. The standard InChI is InChI=1S/C18H14BrClN4O2S/c1-9(7-25)23-14-12(19)6-21-17-13(14)15-16(27-17)18(26)24(8-22-15)11-4-2-10(20)3-5-11/h2-6,8-9,25H,7H2,1H3,(H,21,23)/t9-/m0/s1. The fraction of sp³-hybridized carbons (Fsp3) is 0.167. The van der Waals surface area contributed by atoms with E-state index in [1.165, 1.54) is 22.2 Å². The summed E-state index contributed by atoms with van der Waals surface area (Å²) < 4.78 is 2.76. The zero-order chi connectivity index (χ0) is 19.1. The maximum absolute atomic E-state index is 13.1. The van der Waals surface area contributed by atoms with Gasteiger partial charge in [0, 0.05) is 17.3 Å². The van der Waals surface area contributed by atoms with E-state index in [1.807, 2.05) is 6.92 Å². The quantitative estimate of drug-likeness (QED) is 0.472. The van der Waals surface area contributed by atoms with Gasteiger partial charge in [0.05, 0.1) is 27.8 Å². The van der Waals surface area contributed by atoms with Crippen molar-refractivity contribution in [2.75, 3.05) is 11.9 Å². The van der Waals surface area contributed by atoms with E-state index in [-0.39, 0.29) is 18.2 Å². The molecule has 1 atom stereocenters. The number of pyridine rings is 1. The molecule has 0 aliphatic heterocycles. The first-order valence-electron chi connectivity index (χ1n) is 8.11. The molecule has 1 aromatic carbocycles. The molecular weight excluding hydrogens is 452 g/mol. The number of nitrogens with one attached hydrogen (secondary N) is 1. The number of fused-ring (bicyclic) bond motifs is 3. The van der Waals surface area contributed by atoms with Crippen LogP contribution in [0.4, 0.5) is 5.69 Å². The molecule has 0 radical (unpaired) electrons. The Morgan fingerprint density at radius 2 is 2.07 bits per heavy atom. The Hall–Kier alpha value is -2.00. The Kier molecular flexibility index (Phi) is 4.90. The zero-order valence-electron chi connectivity index (χ0n) is 14.1. The Morgan fingerprint density at radius 1 is 1.33 bits per heavy atom. The number of aliphatic hydroxyl groups excluding tert-OH is 1. The second-order valence-corrected chi connectivity index (χ2v) is 8.36. The van der Waals surface area contributed by atoms with Crippen molar-refractivity contribution >= 4 is 65.0 Å². The van der Waals surface area contributed by atoms with Gasteiger partial charge in [-0.1, -0.05) is 11.6 Å². The van der Waals surface area contributed by atoms with Gasteiger partial charge in [-0.25, -0.2) is 9.97 Å². The van der Waals surface area contributed by atoms with Gasteiger partial charge in [-0.15, -0.1) is 11.3 Å². The van der Waals surface area contributed by atoms with Crippen LogP contribution < -0.4 is 10.9 Å². The van der Waals surface area contributed by atoms with Crippen LogP contribution in [0.5, 0.6) is 0 Å². The Labute approximate surface area is 171 Å². The molecule has 0 aliphatic carbocycles. The number of anilines is 1. The predicted molar refractivity (Wildman–Crippen MR) is 113 cm³/mol. The number of hydrogen-bond acceptors (Lipinski definition) is 6. The molecule has 0 unspecified atom stereocenters. The first-order chi connectivity index (χ1) is 13.0. The second-order valence-electron chi connectivity index (χ2n) is 6.07. The van der Waals surface area contributed by atoms with Crippen molar-refractivity contribution in [3.05, 3.63) is 56.6 Å². The molecule has 3 aromatic heterocycles. The van der Waals surface area contributed by atoms with Crippen LogP contribution in [-0.2, 0) is 0 Å². The van der Waals surface area contributed by atoms with Crippen LogP contribution in [0.2, 0.25) is 5.02 Å². The third-order valence-corrected chi connectivity index (χ3v) is 6.06. The number of thiophene rings is 1. The lowest BCUT2D eigenvalue weighted by Gasteiger charge is -2.14. The van der Waals surface area contributed by atoms with Crippen LogP contribution in [-0.4, -0.2) is 32.3 Å². The molecule has 0 saturated carbocycles. The van der Waals surface area contributed by atoms with Gasteiger partial charge in [0.25, 0.3) is 5.56 Å². The van der Waals surface area contributed by atoms with E-state index >= 15 is 0 Å². The monoisotopic (exact) mass is 464 g/mol. The van der Waals surface area contributed by atoms with Gasteiger partial charge in [-0.2, -0.15) is 0 Å². The highest BCUT2D eigenvalue weighted by Gasteiger charge is 2.19. The molecule has 3 heterocycles. The van der Waals surface area contributed by atoms with Crippen molar-refractivity contribution in [1.29, 1.82) is 0 Å². The van der Waals surface area contributed by atoms with E-state index in [1.54, 1.807) is 30.5 Å². The average Bonchev–Trinajstić information content (AvgIpc) is 3.05. The van der Waals surface area contributed by atoms with Gasteiger partial charge in [0.15, 0.2) is 0 Å². The van der Waals surface area contributed by atoms with Crippen molar-refractivity contribution < 1.29 is 5.11 Å². The molecule has 27 heavy (non-hydrogen) atoms. The molecule has 4 aromatic rings. The van der Waals surface area contributed by atoms with E-state index in [4.69, 9.17) is 11.6 Å². The number of rotatable bonds is 4. The molecule has 9 heteroatoms. The van der Waals surface area contributed by atoms with Gasteiger partial charge >= 0.3 is 0 Å². The maximum atomic E-state index is 13.1. The van der Waals surface area contributed by atoms with Crippen molar-refractivity contribution in [3.63, 3.8) is 0 Å². The lowest BCUT2D eigenvalue weighted by molar-refractivity contribution is 0.281. The van der Waals surface area contributed by atoms with Crippen LogP contribution in [0, 0.1) is 0 Å². The molecule has 138 valence electrons. The molecule has 0 amide bonds. The van der Waals surface area contributed by atoms with Gasteiger partial charge in [0.1, 0.15) is 21.4 Å². The largest absolute Gasteiger partial charge is 0.394 e. The van der Waals surface area contributed by atoms with Crippen LogP contribution in [0.1, 0.15) is 6.92 Å². The van der Waals surface area contributed by atoms with Crippen LogP contribution in [0.3, 0.4) is 0 Å². The summed E-state index contributed by atoms with van der Waals surface area (Å²) in [7, 11) is 0. The molecule has 6 nitrogen and oxygen atoms in total. The van der Waals surface area contributed by atoms with Gasteiger partial charge in [-0.05, 0) is 47.1 Å². The van der Waals surface area contributed by atoms with Crippen molar-refractivity contribution in [3.8, 4) is 5.69 Å². The van der Waals surface area contributed by atoms with Crippen molar-refractivity contribution in [2.45, 2.75) is 13.0 Å². The first-order valence-corrected chi connectivity index (χ1v) is 10.1. The van der Waals surface area contributed by atoms with Crippen molar-refractivity contribution in [1.82, 2.24) is 14.5 Å². The third kappa shape index (κ3) is 3.23. The van der Waals surface area contributed by atoms with Crippen molar-refractivity contribution in [2.24, 2.45) is 0 Å². The Morgan fingerprint density at radius 3 is 2.78 bits per heavy atom. The topological polar surface area (TPSA) is 80.0 Å². The average molecular weight is 466 g/mol. The minimum atomic E-state index is -0.164. The summed E-state index contributed by atoms with van der Waals surface area (Å²) in [6.07, 6.45) is 3.20. The number of halogens is 2. The van der Waals surface area contributed by atoms with Crippen LogP contribution in [0.15, 0.2) is 46.1 Å². The fourth-order valence-electron chi connectivity index (χ4n) is 2.79. The van der Waals surface area contributed by atoms with E-state index in [0.29, 0.717) is 25.8 Å². The van der Waals surface area contributed by atoms with Crippen LogP contribution in [0.25, 0.3) is 26.1 Å². The Bertz CT molecular complexity index is 1210. The van der Waals surface area contributed by atoms with E-state index in [9.17, 15) is 9.90 Å². The van der Waals surface area contributed by atoms with Gasteiger partial charge in [0.2, 0.25) is 0 Å². The molecule has 0 spiro atoms. The van der Waals surface area contributed by atoms with E-state index in [0.717, 1.165) is 15.5 Å². The summed E-state index contributed by atoms with van der Waals surface area (Å²) in [4.78, 5) is 22.7. The first kappa shape index (κ1) is 18.4. The number of benzene rings is 1. The highest BCUT2D eigenvalue weighted by Crippen LogP contribution is 2.38. The lowest BCUT2D eigenvalue weighted by Crippen LogP contribution is -2.20. The van der Waals surface area contributed by atoms with E-state index in [2.05, 4.69) is 31.2 Å². The SMILES string of the molecule is C[C@@H](CO)Nc1c(Br)cnc2sc3c(=O)n(-c4ccc(Cl)cc4)cnc3c12. The molecule has 0 fully saturated rings. The molecule has 4 rings (SSSR count). The Balaban J connectivity index is 1.97. The number of nitrogens with zero attached hydrogens (tertiary/aromatic N) is 3. The molecule has 0 aliphatic rings. The highest BCUT2D eigenvalue weighted by atomic mass is 79.9. The van der Waals surface area contributed by atoms with Gasteiger partial charge < -0.3 is 10.4 Å². The summed E-state index contributed by atoms with van der Waals surface area (Å²) in [6, 6.07) is 6.85. The molecule has 0 saturated heterocycles. The molecule has 0 bridgehead atoms. The lowest BCUT2D eigenvalue weighted by atomic mass is 10.2. The smallest absolute Gasteiger partial charge is 0.275 e. The minimum Gasteiger partial charge on any atom is -0.394 e. The summed E-state index contributed by atoms with van der Waals surface area (Å²) in [5.41, 5.74) is 1.89. The third-order valence-electron chi connectivity index (χ3n) is 4.13. The second kappa shape index (κ2) is 7.20. The summed E-state index contributed by atoms with van der Waals surface area (Å²) in [5.74, 6) is 0. The van der Waals surface area contributed by atoms with E-state index < -0.39 is 0 Å².